The van der Waals surface area contributed by atoms with Gasteiger partial charge in [-0.15, -0.1) is 11.3 Å². The van der Waals surface area contributed by atoms with E-state index < -0.39 is 18.0 Å². The number of thioether (sulfide) groups is 1. The summed E-state index contributed by atoms with van der Waals surface area (Å²) in [5.74, 6) is -1.38. The van der Waals surface area contributed by atoms with Crippen molar-refractivity contribution in [2.24, 2.45) is 11.8 Å². The standard InChI is InChI=1S/C23H29N3O4S2/c1-6-9-30-22(29)19-20(13(3)18-17(14(4)27)21(28)26(18)19)32-23-24-16(11-31-23)15-7-8-25(5)12(2)10-15/h6,10-14,17-18,27H,1,7-9H2,2-5H3/t12-,13+,14+,17+,18+/m0/s1. The Morgan fingerprint density at radius 2 is 2.25 bits per heavy atom. The van der Waals surface area contributed by atoms with Crippen molar-refractivity contribution in [1.82, 2.24) is 14.8 Å². The molecule has 4 rings (SSSR count). The van der Waals surface area contributed by atoms with Gasteiger partial charge >= 0.3 is 5.97 Å². The van der Waals surface area contributed by atoms with E-state index >= 15 is 0 Å². The summed E-state index contributed by atoms with van der Waals surface area (Å²) in [4.78, 5) is 35.0. The van der Waals surface area contributed by atoms with Crippen LogP contribution >= 0.6 is 23.1 Å². The summed E-state index contributed by atoms with van der Waals surface area (Å²) >= 11 is 2.96. The molecule has 0 aliphatic carbocycles. The molecule has 5 atom stereocenters. The molecule has 0 saturated carbocycles. The Bertz CT molecular complexity index is 999. The molecule has 0 spiro atoms. The van der Waals surface area contributed by atoms with E-state index in [1.165, 1.54) is 39.6 Å². The Morgan fingerprint density at radius 3 is 2.91 bits per heavy atom. The predicted molar refractivity (Wildman–Crippen MR) is 126 cm³/mol. The van der Waals surface area contributed by atoms with Crippen molar-refractivity contribution in [2.45, 2.75) is 49.7 Å². The number of carbonyl (C=O) groups excluding carboxylic acids is 2. The highest BCUT2D eigenvalue weighted by Gasteiger charge is 2.60. The number of aliphatic hydroxyl groups is 1. The van der Waals surface area contributed by atoms with E-state index in [0.29, 0.717) is 6.04 Å². The maximum atomic E-state index is 12.9. The molecule has 172 valence electrons. The van der Waals surface area contributed by atoms with E-state index in [1.807, 2.05) is 6.92 Å². The van der Waals surface area contributed by atoms with Gasteiger partial charge in [0, 0.05) is 28.8 Å². The quantitative estimate of drug-likeness (QED) is 0.368. The number of thiazole rings is 1. The molecular weight excluding hydrogens is 446 g/mol. The van der Waals surface area contributed by atoms with Crippen molar-refractivity contribution < 1.29 is 19.4 Å². The van der Waals surface area contributed by atoms with Gasteiger partial charge in [0.15, 0.2) is 4.34 Å². The zero-order valence-electron chi connectivity index (χ0n) is 18.8. The fraction of sp³-hybridized carbons (Fsp3) is 0.522. The number of hydrogen-bond acceptors (Lipinski definition) is 8. The van der Waals surface area contributed by atoms with Crippen LogP contribution < -0.4 is 0 Å². The Hall–Kier alpha value is -1.94. The largest absolute Gasteiger partial charge is 0.457 e. The van der Waals surface area contributed by atoms with Crippen LogP contribution in [0.1, 0.15) is 32.9 Å². The summed E-state index contributed by atoms with van der Waals surface area (Å²) in [6, 6.07) is 0.125. The van der Waals surface area contributed by atoms with Gasteiger partial charge in [0.2, 0.25) is 5.91 Å². The molecule has 3 aliphatic rings. The van der Waals surface area contributed by atoms with Crippen LogP contribution in [0, 0.1) is 11.8 Å². The van der Waals surface area contributed by atoms with Crippen molar-refractivity contribution in [1.29, 1.82) is 0 Å². The first kappa shape index (κ1) is 23.2. The van der Waals surface area contributed by atoms with Gasteiger partial charge in [-0.1, -0.05) is 37.4 Å². The second kappa shape index (κ2) is 9.13. The molecule has 1 amide bonds. The van der Waals surface area contributed by atoms with Crippen molar-refractivity contribution in [2.75, 3.05) is 20.2 Å². The van der Waals surface area contributed by atoms with E-state index in [9.17, 15) is 14.7 Å². The molecule has 3 aliphatic heterocycles. The van der Waals surface area contributed by atoms with Gasteiger partial charge in [0.1, 0.15) is 12.3 Å². The van der Waals surface area contributed by atoms with E-state index in [0.717, 1.165) is 27.9 Å². The van der Waals surface area contributed by atoms with Crippen LogP contribution in [0.5, 0.6) is 0 Å². The topological polar surface area (TPSA) is 83.0 Å². The molecule has 9 heteroatoms. The van der Waals surface area contributed by atoms with E-state index in [1.54, 1.807) is 6.92 Å². The van der Waals surface area contributed by atoms with Gasteiger partial charge in [0.25, 0.3) is 0 Å². The summed E-state index contributed by atoms with van der Waals surface area (Å²) in [6.45, 7) is 10.4. The van der Waals surface area contributed by atoms with Crippen molar-refractivity contribution in [3.63, 3.8) is 0 Å². The van der Waals surface area contributed by atoms with Crippen LogP contribution in [-0.4, -0.2) is 70.2 Å². The first-order valence-electron chi connectivity index (χ1n) is 10.8. The number of fused-ring (bicyclic) bond motifs is 1. The lowest BCUT2D eigenvalue weighted by Crippen LogP contribution is -2.63. The van der Waals surface area contributed by atoms with Gasteiger partial charge < -0.3 is 14.7 Å². The van der Waals surface area contributed by atoms with Gasteiger partial charge in [-0.2, -0.15) is 0 Å². The maximum Gasteiger partial charge on any atom is 0.356 e. The van der Waals surface area contributed by atoms with Crippen LogP contribution in [0.2, 0.25) is 0 Å². The number of aliphatic hydroxyl groups excluding tert-OH is 1. The first-order chi connectivity index (χ1) is 15.2. The minimum absolute atomic E-state index is 0.0728. The van der Waals surface area contributed by atoms with Gasteiger partial charge in [0.05, 0.1) is 23.8 Å². The third kappa shape index (κ3) is 3.96. The van der Waals surface area contributed by atoms with Crippen LogP contribution in [0.4, 0.5) is 0 Å². The number of carbonyl (C=O) groups is 2. The second-order valence-corrected chi connectivity index (χ2v) is 10.8. The molecule has 1 N–H and O–H groups in total. The lowest BCUT2D eigenvalue weighted by Gasteiger charge is -2.46. The van der Waals surface area contributed by atoms with Crippen molar-refractivity contribution in [3.8, 4) is 0 Å². The summed E-state index contributed by atoms with van der Waals surface area (Å²) in [6.07, 6.45) is 3.93. The fourth-order valence-electron chi connectivity index (χ4n) is 4.61. The molecule has 0 unspecified atom stereocenters. The fourth-order valence-corrected chi connectivity index (χ4v) is 6.72. The van der Waals surface area contributed by atoms with Gasteiger partial charge in [-0.3, -0.25) is 9.69 Å². The molecule has 1 aromatic heterocycles. The number of nitrogens with zero attached hydrogens (tertiary/aromatic N) is 3. The highest BCUT2D eigenvalue weighted by atomic mass is 32.2. The molecule has 0 radical (unpaired) electrons. The third-order valence-corrected chi connectivity index (χ3v) is 8.74. The smallest absolute Gasteiger partial charge is 0.356 e. The Kier molecular flexibility index (Phi) is 6.63. The monoisotopic (exact) mass is 475 g/mol. The van der Waals surface area contributed by atoms with E-state index in [2.05, 4.69) is 36.9 Å². The third-order valence-electron chi connectivity index (χ3n) is 6.52. The summed E-state index contributed by atoms with van der Waals surface area (Å²) in [5, 5.41) is 12.2. The predicted octanol–water partition coefficient (Wildman–Crippen LogP) is 3.14. The number of likely N-dealkylation sites (N-methyl/N-ethyl adjacent to an activating group) is 1. The highest BCUT2D eigenvalue weighted by molar-refractivity contribution is 8.04. The molecule has 1 aromatic rings. The summed E-state index contributed by atoms with van der Waals surface area (Å²) < 4.78 is 6.12. The molecule has 4 heterocycles. The van der Waals surface area contributed by atoms with Crippen LogP contribution in [0.25, 0.3) is 5.57 Å². The van der Waals surface area contributed by atoms with Crippen molar-refractivity contribution >= 4 is 40.5 Å². The lowest BCUT2D eigenvalue weighted by molar-refractivity contribution is -0.164. The summed E-state index contributed by atoms with van der Waals surface area (Å²) in [7, 11) is 2.12. The number of ether oxygens (including phenoxy) is 1. The Morgan fingerprint density at radius 1 is 1.50 bits per heavy atom. The Balaban J connectivity index is 1.62. The van der Waals surface area contributed by atoms with Gasteiger partial charge in [-0.05, 0) is 32.9 Å². The van der Waals surface area contributed by atoms with Gasteiger partial charge in [-0.25, -0.2) is 9.78 Å². The minimum Gasteiger partial charge on any atom is -0.457 e. The highest BCUT2D eigenvalue weighted by Crippen LogP contribution is 2.52. The van der Waals surface area contributed by atoms with E-state index in [4.69, 9.17) is 9.72 Å². The Labute approximate surface area is 196 Å². The first-order valence-corrected chi connectivity index (χ1v) is 12.5. The number of rotatable bonds is 7. The second-order valence-electron chi connectivity index (χ2n) is 8.62. The molecule has 1 fully saturated rings. The molecule has 0 bridgehead atoms. The molecule has 32 heavy (non-hydrogen) atoms. The van der Waals surface area contributed by atoms with Crippen molar-refractivity contribution in [3.05, 3.63) is 40.4 Å². The van der Waals surface area contributed by atoms with Crippen LogP contribution in [0.15, 0.2) is 39.1 Å². The number of β-lactam (4-membered cyclic amide) rings is 1. The minimum atomic E-state index is -0.772. The molecule has 0 aromatic carbocycles. The molecule has 7 nitrogen and oxygen atoms in total. The number of hydrogen-bond donors (Lipinski definition) is 1. The number of aromatic nitrogens is 1. The number of amides is 1. The summed E-state index contributed by atoms with van der Waals surface area (Å²) in [5.41, 5.74) is 2.49. The maximum absolute atomic E-state index is 12.9. The molecular formula is C23H29N3O4S2. The molecule has 1 saturated heterocycles. The van der Waals surface area contributed by atoms with Crippen LogP contribution in [-0.2, 0) is 14.3 Å². The lowest BCUT2D eigenvalue weighted by atomic mass is 9.79. The van der Waals surface area contributed by atoms with E-state index in [-0.39, 0.29) is 30.2 Å². The SMILES string of the molecule is C=CCOC(=O)C1=C(Sc2nc(C3=C[C@H](C)N(C)CC3)cs2)[C@H](C)[C@@H]2[C@@H]([C@@H](C)O)C(=O)N12. The zero-order valence-corrected chi connectivity index (χ0v) is 20.4. The average Bonchev–Trinajstić information content (AvgIpc) is 3.30. The number of esters is 1. The zero-order chi connectivity index (χ0) is 23.2. The average molecular weight is 476 g/mol. The normalized spacial score (nSPS) is 28.8. The van der Waals surface area contributed by atoms with Crippen LogP contribution in [0.3, 0.4) is 0 Å².